The summed E-state index contributed by atoms with van der Waals surface area (Å²) in [5, 5.41) is 3.15. The Kier molecular flexibility index (Phi) is 6.35. The molecule has 0 bridgehead atoms. The third kappa shape index (κ3) is 4.61. The first-order chi connectivity index (χ1) is 13.1. The standard InChI is InChI=1S/C22H28N2O3/c1-4-20(18-7-10-21(26-3)16(2)15-18)23-22(25)17-5-8-19(9-6-17)24-11-13-27-14-12-24/h5-10,15,20H,4,11-14H2,1-3H3,(H,23,25). The fourth-order valence-electron chi connectivity index (χ4n) is 3.43. The first kappa shape index (κ1) is 19.2. The minimum Gasteiger partial charge on any atom is -0.496 e. The van der Waals surface area contributed by atoms with Crippen LogP contribution in [0.3, 0.4) is 0 Å². The van der Waals surface area contributed by atoms with E-state index in [0.717, 1.165) is 55.3 Å². The highest BCUT2D eigenvalue weighted by atomic mass is 16.5. The van der Waals surface area contributed by atoms with Gasteiger partial charge in [-0.3, -0.25) is 4.79 Å². The Morgan fingerprint density at radius 1 is 1.19 bits per heavy atom. The Labute approximate surface area is 161 Å². The SMILES string of the molecule is CCC(NC(=O)c1ccc(N2CCOCC2)cc1)c1ccc(OC)c(C)c1. The zero-order chi connectivity index (χ0) is 19.2. The first-order valence-corrected chi connectivity index (χ1v) is 9.50. The van der Waals surface area contributed by atoms with Crippen molar-refractivity contribution in [3.05, 3.63) is 59.2 Å². The smallest absolute Gasteiger partial charge is 0.251 e. The van der Waals surface area contributed by atoms with Crippen molar-refractivity contribution in [2.45, 2.75) is 26.3 Å². The Hall–Kier alpha value is -2.53. The molecule has 0 spiro atoms. The van der Waals surface area contributed by atoms with Gasteiger partial charge in [0.15, 0.2) is 0 Å². The van der Waals surface area contributed by atoms with Gasteiger partial charge in [-0.2, -0.15) is 0 Å². The third-order valence-electron chi connectivity index (χ3n) is 5.04. The molecule has 1 amide bonds. The van der Waals surface area contributed by atoms with E-state index in [1.54, 1.807) is 7.11 Å². The van der Waals surface area contributed by atoms with Crippen molar-refractivity contribution < 1.29 is 14.3 Å². The molecule has 144 valence electrons. The highest BCUT2D eigenvalue weighted by molar-refractivity contribution is 5.94. The Balaban J connectivity index is 1.68. The lowest BCUT2D eigenvalue weighted by molar-refractivity contribution is 0.0935. The van der Waals surface area contributed by atoms with Crippen LogP contribution < -0.4 is 15.0 Å². The third-order valence-corrected chi connectivity index (χ3v) is 5.04. The van der Waals surface area contributed by atoms with Crippen molar-refractivity contribution >= 4 is 11.6 Å². The molecule has 2 aromatic carbocycles. The van der Waals surface area contributed by atoms with Gasteiger partial charge in [-0.25, -0.2) is 0 Å². The molecule has 1 N–H and O–H groups in total. The monoisotopic (exact) mass is 368 g/mol. The number of nitrogens with one attached hydrogen (secondary N) is 1. The minimum atomic E-state index is -0.0520. The molecule has 0 aliphatic carbocycles. The number of hydrogen-bond acceptors (Lipinski definition) is 4. The molecule has 1 heterocycles. The minimum absolute atomic E-state index is 0.0268. The van der Waals surface area contributed by atoms with Gasteiger partial charge >= 0.3 is 0 Å². The molecule has 5 heteroatoms. The molecule has 3 rings (SSSR count). The fraction of sp³-hybridized carbons (Fsp3) is 0.409. The number of benzene rings is 2. The molecule has 0 radical (unpaired) electrons. The van der Waals surface area contributed by atoms with Gasteiger partial charge in [0, 0.05) is 24.3 Å². The Bertz CT molecular complexity index is 768. The fourth-order valence-corrected chi connectivity index (χ4v) is 3.43. The van der Waals surface area contributed by atoms with Crippen LogP contribution in [0.2, 0.25) is 0 Å². The van der Waals surface area contributed by atoms with Crippen LogP contribution in [0, 0.1) is 6.92 Å². The van der Waals surface area contributed by atoms with Gasteiger partial charge in [0.1, 0.15) is 5.75 Å². The summed E-state index contributed by atoms with van der Waals surface area (Å²) in [7, 11) is 1.67. The number of hydrogen-bond donors (Lipinski definition) is 1. The predicted octanol–water partition coefficient (Wildman–Crippen LogP) is 3.72. The van der Waals surface area contributed by atoms with E-state index >= 15 is 0 Å². The van der Waals surface area contributed by atoms with Gasteiger partial charge < -0.3 is 19.7 Å². The number of anilines is 1. The maximum absolute atomic E-state index is 12.7. The van der Waals surface area contributed by atoms with Crippen molar-refractivity contribution in [2.24, 2.45) is 0 Å². The summed E-state index contributed by atoms with van der Waals surface area (Å²) >= 11 is 0. The average Bonchev–Trinajstić information content (AvgIpc) is 2.72. The normalized spacial score (nSPS) is 15.3. The summed E-state index contributed by atoms with van der Waals surface area (Å²) in [6.07, 6.45) is 0.823. The van der Waals surface area contributed by atoms with Crippen LogP contribution in [0.4, 0.5) is 5.69 Å². The lowest BCUT2D eigenvalue weighted by Crippen LogP contribution is -2.36. The first-order valence-electron chi connectivity index (χ1n) is 9.50. The maximum Gasteiger partial charge on any atom is 0.251 e. The highest BCUT2D eigenvalue weighted by Crippen LogP contribution is 2.25. The Morgan fingerprint density at radius 3 is 2.48 bits per heavy atom. The van der Waals surface area contributed by atoms with Crippen molar-refractivity contribution in [1.29, 1.82) is 0 Å². The van der Waals surface area contributed by atoms with E-state index in [-0.39, 0.29) is 11.9 Å². The molecule has 2 aromatic rings. The molecule has 27 heavy (non-hydrogen) atoms. The van der Waals surface area contributed by atoms with E-state index in [2.05, 4.69) is 23.2 Å². The number of ether oxygens (including phenoxy) is 2. The number of methoxy groups -OCH3 is 1. The van der Waals surface area contributed by atoms with E-state index in [9.17, 15) is 4.79 Å². The van der Waals surface area contributed by atoms with Gasteiger partial charge in [-0.05, 0) is 54.8 Å². The van der Waals surface area contributed by atoms with Crippen LogP contribution in [0.15, 0.2) is 42.5 Å². The Morgan fingerprint density at radius 2 is 1.89 bits per heavy atom. The topological polar surface area (TPSA) is 50.8 Å². The van der Waals surface area contributed by atoms with Gasteiger partial charge in [0.2, 0.25) is 0 Å². The van der Waals surface area contributed by atoms with Crippen molar-refractivity contribution in [1.82, 2.24) is 5.32 Å². The van der Waals surface area contributed by atoms with Gasteiger partial charge in [-0.1, -0.05) is 19.1 Å². The summed E-state index contributed by atoms with van der Waals surface area (Å²) in [5.74, 6) is 0.808. The molecule has 1 atom stereocenters. The summed E-state index contributed by atoms with van der Waals surface area (Å²) in [6, 6.07) is 13.8. The van der Waals surface area contributed by atoms with Crippen molar-refractivity contribution in [3.63, 3.8) is 0 Å². The number of carbonyl (C=O) groups excluding carboxylic acids is 1. The zero-order valence-electron chi connectivity index (χ0n) is 16.3. The van der Waals surface area contributed by atoms with E-state index < -0.39 is 0 Å². The molecular formula is C22H28N2O3. The van der Waals surface area contributed by atoms with E-state index in [0.29, 0.717) is 5.56 Å². The molecule has 1 fully saturated rings. The summed E-state index contributed by atoms with van der Waals surface area (Å²) < 4.78 is 10.7. The molecule has 0 saturated carbocycles. The second-order valence-electron chi connectivity index (χ2n) is 6.81. The lowest BCUT2D eigenvalue weighted by Gasteiger charge is -2.29. The van der Waals surface area contributed by atoms with E-state index in [1.165, 1.54) is 0 Å². The number of aryl methyl sites for hydroxylation is 1. The average molecular weight is 368 g/mol. The molecular weight excluding hydrogens is 340 g/mol. The van der Waals surface area contributed by atoms with Gasteiger partial charge in [0.05, 0.1) is 26.4 Å². The van der Waals surface area contributed by atoms with Crippen LogP contribution in [-0.4, -0.2) is 39.3 Å². The van der Waals surface area contributed by atoms with Gasteiger partial charge in [-0.15, -0.1) is 0 Å². The second kappa shape index (κ2) is 8.91. The zero-order valence-corrected chi connectivity index (χ0v) is 16.3. The van der Waals surface area contributed by atoms with E-state index in [4.69, 9.17) is 9.47 Å². The van der Waals surface area contributed by atoms with Crippen molar-refractivity contribution in [2.75, 3.05) is 38.3 Å². The lowest BCUT2D eigenvalue weighted by atomic mass is 10.0. The number of nitrogens with zero attached hydrogens (tertiary/aromatic N) is 1. The summed E-state index contributed by atoms with van der Waals surface area (Å²) in [4.78, 5) is 15.0. The van der Waals surface area contributed by atoms with Crippen LogP contribution in [0.5, 0.6) is 5.75 Å². The summed E-state index contributed by atoms with van der Waals surface area (Å²) in [6.45, 7) is 7.37. The second-order valence-corrected chi connectivity index (χ2v) is 6.81. The largest absolute Gasteiger partial charge is 0.496 e. The predicted molar refractivity (Wildman–Crippen MR) is 108 cm³/mol. The molecule has 1 unspecified atom stereocenters. The van der Waals surface area contributed by atoms with Crippen LogP contribution >= 0.6 is 0 Å². The van der Waals surface area contributed by atoms with Crippen LogP contribution in [0.25, 0.3) is 0 Å². The molecule has 1 aliphatic rings. The molecule has 1 aliphatic heterocycles. The van der Waals surface area contributed by atoms with Crippen molar-refractivity contribution in [3.8, 4) is 5.75 Å². The molecule has 1 saturated heterocycles. The van der Waals surface area contributed by atoms with Gasteiger partial charge in [0.25, 0.3) is 5.91 Å². The number of carbonyl (C=O) groups is 1. The van der Waals surface area contributed by atoms with E-state index in [1.807, 2.05) is 43.3 Å². The van der Waals surface area contributed by atoms with Crippen LogP contribution in [-0.2, 0) is 4.74 Å². The number of rotatable bonds is 6. The number of morpholine rings is 1. The number of amides is 1. The molecule has 5 nitrogen and oxygen atoms in total. The highest BCUT2D eigenvalue weighted by Gasteiger charge is 2.16. The molecule has 0 aromatic heterocycles. The summed E-state index contributed by atoms with van der Waals surface area (Å²) in [5.41, 5.74) is 3.97. The maximum atomic E-state index is 12.7. The quantitative estimate of drug-likeness (QED) is 0.844. The van der Waals surface area contributed by atoms with Crippen LogP contribution in [0.1, 0.15) is 40.9 Å².